The fourth-order valence-electron chi connectivity index (χ4n) is 1.37. The number of non-ortho nitro benzene ring substituents is 1. The maximum absolute atomic E-state index is 10.8. The molecular formula is C11H7BrClN3O4. The van der Waals surface area contributed by atoms with Crippen molar-refractivity contribution in [2.45, 2.75) is 0 Å². The van der Waals surface area contributed by atoms with Gasteiger partial charge in [0.05, 0.1) is 22.6 Å². The number of nitrogens with zero attached hydrogens (tertiary/aromatic N) is 3. The van der Waals surface area contributed by atoms with Gasteiger partial charge in [-0.25, -0.2) is 4.98 Å². The largest absolute Gasteiger partial charge is 0.489 e. The van der Waals surface area contributed by atoms with E-state index >= 15 is 0 Å². The first-order valence-electron chi connectivity index (χ1n) is 5.19. The van der Waals surface area contributed by atoms with Gasteiger partial charge in [-0.3, -0.25) is 10.1 Å². The molecule has 2 aromatic rings. The van der Waals surface area contributed by atoms with E-state index in [9.17, 15) is 10.1 Å². The van der Waals surface area contributed by atoms with Crippen molar-refractivity contribution in [1.29, 1.82) is 0 Å². The van der Waals surface area contributed by atoms with E-state index in [2.05, 4.69) is 25.9 Å². The lowest BCUT2D eigenvalue weighted by Crippen LogP contribution is -1.97. The summed E-state index contributed by atoms with van der Waals surface area (Å²) in [6.45, 7) is 0. The Hall–Kier alpha value is -1.93. The van der Waals surface area contributed by atoms with Crippen molar-refractivity contribution < 1.29 is 14.4 Å². The molecule has 2 rings (SSSR count). The van der Waals surface area contributed by atoms with E-state index in [1.807, 2.05) is 0 Å². The van der Waals surface area contributed by atoms with Gasteiger partial charge in [-0.1, -0.05) is 11.6 Å². The molecule has 9 heteroatoms. The Balaban J connectivity index is 2.42. The third kappa shape index (κ3) is 2.97. The van der Waals surface area contributed by atoms with E-state index in [0.29, 0.717) is 4.47 Å². The van der Waals surface area contributed by atoms with Gasteiger partial charge in [0.2, 0.25) is 5.75 Å². The average molecular weight is 361 g/mol. The van der Waals surface area contributed by atoms with Crippen LogP contribution < -0.4 is 9.47 Å². The topological polar surface area (TPSA) is 87.4 Å². The molecule has 0 fully saturated rings. The van der Waals surface area contributed by atoms with Crippen LogP contribution in [-0.4, -0.2) is 22.0 Å². The second-order valence-electron chi connectivity index (χ2n) is 3.48. The summed E-state index contributed by atoms with van der Waals surface area (Å²) in [6.07, 6.45) is 1.20. The molecule has 0 bridgehead atoms. The standard InChI is InChI=1S/C11H7BrClN3O4/c1-19-9-10(13)14-5-15-11(9)20-8-4-6(16(17)18)2-3-7(8)12/h2-5H,1H3. The highest BCUT2D eigenvalue weighted by Crippen LogP contribution is 2.37. The molecule has 0 spiro atoms. The van der Waals surface area contributed by atoms with Crippen LogP contribution >= 0.6 is 27.5 Å². The highest BCUT2D eigenvalue weighted by Gasteiger charge is 2.16. The number of hydrogen-bond acceptors (Lipinski definition) is 6. The minimum Gasteiger partial charge on any atom is -0.489 e. The highest BCUT2D eigenvalue weighted by molar-refractivity contribution is 9.10. The zero-order chi connectivity index (χ0) is 14.7. The van der Waals surface area contributed by atoms with E-state index in [0.717, 1.165) is 0 Å². The summed E-state index contributed by atoms with van der Waals surface area (Å²) >= 11 is 9.08. The first kappa shape index (κ1) is 14.5. The molecule has 0 aliphatic heterocycles. The van der Waals surface area contributed by atoms with Crippen molar-refractivity contribution in [3.8, 4) is 17.4 Å². The molecule has 0 unspecified atom stereocenters. The van der Waals surface area contributed by atoms with Crippen molar-refractivity contribution in [1.82, 2.24) is 9.97 Å². The lowest BCUT2D eigenvalue weighted by atomic mass is 10.3. The number of ether oxygens (including phenoxy) is 2. The second-order valence-corrected chi connectivity index (χ2v) is 4.69. The molecule has 0 atom stereocenters. The summed E-state index contributed by atoms with van der Waals surface area (Å²) in [6, 6.07) is 4.11. The molecule has 7 nitrogen and oxygen atoms in total. The summed E-state index contributed by atoms with van der Waals surface area (Å²) < 4.78 is 11.1. The number of methoxy groups -OCH3 is 1. The van der Waals surface area contributed by atoms with E-state index in [1.54, 1.807) is 0 Å². The van der Waals surface area contributed by atoms with Crippen LogP contribution in [0.4, 0.5) is 5.69 Å². The molecule has 0 saturated carbocycles. The first-order valence-corrected chi connectivity index (χ1v) is 6.36. The molecular weight excluding hydrogens is 353 g/mol. The molecule has 0 amide bonds. The van der Waals surface area contributed by atoms with Gasteiger partial charge in [-0.15, -0.1) is 0 Å². The van der Waals surface area contributed by atoms with Gasteiger partial charge in [0, 0.05) is 6.07 Å². The van der Waals surface area contributed by atoms with Gasteiger partial charge in [-0.2, -0.15) is 4.98 Å². The van der Waals surface area contributed by atoms with Crippen LogP contribution in [0.1, 0.15) is 0 Å². The van der Waals surface area contributed by atoms with Crippen LogP contribution in [0.25, 0.3) is 0 Å². The zero-order valence-corrected chi connectivity index (χ0v) is 12.4. The molecule has 1 aromatic heterocycles. The van der Waals surface area contributed by atoms with Crippen molar-refractivity contribution in [3.63, 3.8) is 0 Å². The minimum atomic E-state index is -0.524. The number of rotatable bonds is 4. The monoisotopic (exact) mass is 359 g/mol. The lowest BCUT2D eigenvalue weighted by Gasteiger charge is -2.10. The van der Waals surface area contributed by atoms with Crippen LogP contribution in [0.5, 0.6) is 17.4 Å². The van der Waals surface area contributed by atoms with E-state index in [-0.39, 0.29) is 28.2 Å². The molecule has 0 radical (unpaired) electrons. The summed E-state index contributed by atoms with van der Waals surface area (Å²) in [7, 11) is 1.39. The fraction of sp³-hybridized carbons (Fsp3) is 0.0909. The number of hydrogen-bond donors (Lipinski definition) is 0. The van der Waals surface area contributed by atoms with Crippen LogP contribution in [-0.2, 0) is 0 Å². The predicted octanol–water partition coefficient (Wildman–Crippen LogP) is 3.60. The van der Waals surface area contributed by atoms with Gasteiger partial charge in [-0.05, 0) is 22.0 Å². The summed E-state index contributed by atoms with van der Waals surface area (Å²) in [5.41, 5.74) is -0.109. The SMILES string of the molecule is COc1c(Cl)ncnc1Oc1cc([N+](=O)[O-])ccc1Br. The molecule has 0 saturated heterocycles. The van der Waals surface area contributed by atoms with Crippen LogP contribution in [0, 0.1) is 10.1 Å². The minimum absolute atomic E-state index is 0.0636. The number of halogens is 2. The second kappa shape index (κ2) is 6.02. The highest BCUT2D eigenvalue weighted by atomic mass is 79.9. The number of benzene rings is 1. The summed E-state index contributed by atoms with van der Waals surface area (Å²) in [5, 5.41) is 10.8. The molecule has 1 aromatic carbocycles. The normalized spacial score (nSPS) is 10.2. The number of nitro groups is 1. The molecule has 1 heterocycles. The molecule has 0 N–H and O–H groups in total. The molecule has 104 valence electrons. The van der Waals surface area contributed by atoms with E-state index in [4.69, 9.17) is 21.1 Å². The quantitative estimate of drug-likeness (QED) is 0.470. The van der Waals surface area contributed by atoms with Gasteiger partial charge < -0.3 is 9.47 Å². The van der Waals surface area contributed by atoms with Crippen molar-refractivity contribution in [2.24, 2.45) is 0 Å². The van der Waals surface area contributed by atoms with Crippen molar-refractivity contribution in [3.05, 3.63) is 44.3 Å². The Bertz CT molecular complexity index is 668. The van der Waals surface area contributed by atoms with Crippen molar-refractivity contribution >= 4 is 33.2 Å². The Morgan fingerprint density at radius 3 is 2.80 bits per heavy atom. The third-order valence-electron chi connectivity index (χ3n) is 2.26. The first-order chi connectivity index (χ1) is 9.52. The lowest BCUT2D eigenvalue weighted by molar-refractivity contribution is -0.384. The predicted molar refractivity (Wildman–Crippen MR) is 74.5 cm³/mol. The molecule has 0 aliphatic carbocycles. The number of nitro benzene ring substituents is 1. The average Bonchev–Trinajstić information content (AvgIpc) is 2.41. The zero-order valence-electron chi connectivity index (χ0n) is 10.0. The number of aromatic nitrogens is 2. The Labute approximate surface area is 126 Å². The van der Waals surface area contributed by atoms with Crippen LogP contribution in [0.2, 0.25) is 5.15 Å². The van der Waals surface area contributed by atoms with Gasteiger partial charge in [0.1, 0.15) is 6.33 Å². The third-order valence-corrected chi connectivity index (χ3v) is 3.19. The van der Waals surface area contributed by atoms with Crippen molar-refractivity contribution in [2.75, 3.05) is 7.11 Å². The van der Waals surface area contributed by atoms with E-state index in [1.165, 1.54) is 31.6 Å². The van der Waals surface area contributed by atoms with Crippen LogP contribution in [0.15, 0.2) is 29.0 Å². The smallest absolute Gasteiger partial charge is 0.273 e. The Kier molecular flexibility index (Phi) is 4.35. The van der Waals surface area contributed by atoms with E-state index < -0.39 is 4.92 Å². The summed E-state index contributed by atoms with van der Waals surface area (Å²) in [5.74, 6) is 0.425. The van der Waals surface area contributed by atoms with Gasteiger partial charge in [0.15, 0.2) is 10.9 Å². The molecule has 0 aliphatic rings. The maximum atomic E-state index is 10.8. The Morgan fingerprint density at radius 2 is 2.15 bits per heavy atom. The van der Waals surface area contributed by atoms with Crippen LogP contribution in [0.3, 0.4) is 0 Å². The van der Waals surface area contributed by atoms with Gasteiger partial charge in [0.25, 0.3) is 11.6 Å². The summed E-state index contributed by atoms with van der Waals surface area (Å²) in [4.78, 5) is 17.9. The Morgan fingerprint density at radius 1 is 1.40 bits per heavy atom. The van der Waals surface area contributed by atoms with Gasteiger partial charge >= 0.3 is 0 Å². The molecule has 20 heavy (non-hydrogen) atoms. The maximum Gasteiger partial charge on any atom is 0.273 e. The fourth-order valence-corrected chi connectivity index (χ4v) is 1.90.